The fraction of sp³-hybridized carbons (Fsp3) is 0.636. The molecule has 0 saturated heterocycles. The highest BCUT2D eigenvalue weighted by Crippen LogP contribution is 2.62. The molecule has 5 rings (SSSR count). The second-order valence-corrected chi connectivity index (χ2v) is 12.8. The molecule has 2 fully saturated rings. The Labute approximate surface area is 266 Å². The van der Waals surface area contributed by atoms with Crippen molar-refractivity contribution in [3.8, 4) is 17.2 Å². The maximum Gasteiger partial charge on any atom is 0.435 e. The monoisotopic (exact) mass is 684 g/mol. The lowest BCUT2D eigenvalue weighted by Gasteiger charge is -2.50. The van der Waals surface area contributed by atoms with Gasteiger partial charge in [-0.1, -0.05) is 13.0 Å². The minimum absolute atomic E-state index is 0.155. The number of alkyl halides is 9. The van der Waals surface area contributed by atoms with Gasteiger partial charge in [0.1, 0.15) is 30.5 Å². The van der Waals surface area contributed by atoms with E-state index in [0.717, 1.165) is 37.9 Å². The molecule has 5 nitrogen and oxygen atoms in total. The van der Waals surface area contributed by atoms with E-state index in [0.29, 0.717) is 37.2 Å². The van der Waals surface area contributed by atoms with E-state index in [1.54, 1.807) is 12.1 Å². The van der Waals surface area contributed by atoms with Crippen LogP contribution < -0.4 is 9.47 Å². The molecule has 0 bridgehead atoms. The molecule has 2 aromatic carbocycles. The topological polar surface area (TPSA) is 57.2 Å². The summed E-state index contributed by atoms with van der Waals surface area (Å²) in [5.74, 6) is 2.51. The van der Waals surface area contributed by atoms with Gasteiger partial charge in [0.2, 0.25) is 0 Å². The molecule has 0 spiro atoms. The summed E-state index contributed by atoms with van der Waals surface area (Å²) >= 11 is 0. The number of halogens is 9. The molecule has 14 heteroatoms. The summed E-state index contributed by atoms with van der Waals surface area (Å²) in [5.41, 5.74) is -4.03. The van der Waals surface area contributed by atoms with Gasteiger partial charge in [0.15, 0.2) is 0 Å². The fourth-order valence-electron chi connectivity index (χ4n) is 7.97. The van der Waals surface area contributed by atoms with E-state index in [4.69, 9.17) is 14.2 Å². The SMILES string of the molecule is C[C@]12CCC3c4ccc(OCCOc5ccc(O)cc5)cc4CC[C@H]3C1CC[C@@H]2OCCCOC(C(F)(F)F)(C(F)(F)F)C(F)(F)F. The zero-order valence-corrected chi connectivity index (χ0v) is 25.6. The molecular weight excluding hydrogens is 647 g/mol. The van der Waals surface area contributed by atoms with E-state index in [2.05, 4.69) is 23.8 Å². The van der Waals surface area contributed by atoms with Crippen LogP contribution in [-0.2, 0) is 15.9 Å². The number of hydrogen-bond donors (Lipinski definition) is 1. The highest BCUT2D eigenvalue weighted by atomic mass is 19.4. The quantitative estimate of drug-likeness (QED) is 0.189. The van der Waals surface area contributed by atoms with Gasteiger partial charge in [-0.15, -0.1) is 0 Å². The van der Waals surface area contributed by atoms with Gasteiger partial charge < -0.3 is 24.1 Å². The number of phenolic OH excluding ortho intramolecular Hbond substituents is 1. The molecule has 2 saturated carbocycles. The zero-order chi connectivity index (χ0) is 34.3. The van der Waals surface area contributed by atoms with Gasteiger partial charge in [0, 0.05) is 6.61 Å². The first-order valence-corrected chi connectivity index (χ1v) is 15.6. The first-order valence-electron chi connectivity index (χ1n) is 15.6. The molecule has 3 aliphatic carbocycles. The maximum atomic E-state index is 13.1. The number of benzene rings is 2. The Morgan fingerprint density at radius 3 is 2.00 bits per heavy atom. The van der Waals surface area contributed by atoms with Crippen LogP contribution in [-0.4, -0.2) is 61.8 Å². The van der Waals surface area contributed by atoms with Crippen molar-refractivity contribution in [1.82, 2.24) is 0 Å². The van der Waals surface area contributed by atoms with Crippen molar-refractivity contribution in [1.29, 1.82) is 0 Å². The first-order chi connectivity index (χ1) is 22.0. The van der Waals surface area contributed by atoms with E-state index >= 15 is 0 Å². The van der Waals surface area contributed by atoms with E-state index in [-0.39, 0.29) is 29.8 Å². The lowest BCUT2D eigenvalue weighted by molar-refractivity contribution is -0.457. The van der Waals surface area contributed by atoms with Crippen molar-refractivity contribution in [2.75, 3.05) is 26.4 Å². The van der Waals surface area contributed by atoms with Crippen molar-refractivity contribution in [3.05, 3.63) is 53.6 Å². The van der Waals surface area contributed by atoms with Crippen LogP contribution in [0.5, 0.6) is 17.2 Å². The van der Waals surface area contributed by atoms with Crippen molar-refractivity contribution in [2.45, 2.75) is 88.0 Å². The summed E-state index contributed by atoms with van der Waals surface area (Å²) in [7, 11) is 0. The second kappa shape index (κ2) is 13.2. The second-order valence-electron chi connectivity index (χ2n) is 12.8. The molecule has 0 amide bonds. The van der Waals surface area contributed by atoms with Crippen LogP contribution in [0.2, 0.25) is 0 Å². The standard InChI is InChI=1S/C33H37F9O5/c1-29-14-13-25-24-10-8-23(45-18-17-44-22-6-4-21(43)5-7-22)19-20(24)3-9-26(25)27(29)11-12-28(29)46-15-2-16-47-30(31(34,35)36,32(37,38)39)33(40,41)42/h4-8,10,19,25-28,43H,2-3,9,11-18H2,1H3/t25?,26-,27?,28+,29+/m1/s1. The summed E-state index contributed by atoms with van der Waals surface area (Å²) in [5, 5.41) is 9.37. The van der Waals surface area contributed by atoms with Crippen LogP contribution in [0.4, 0.5) is 39.5 Å². The number of aromatic hydroxyl groups is 1. The number of aryl methyl sites for hydroxylation is 1. The van der Waals surface area contributed by atoms with Crippen LogP contribution in [0.25, 0.3) is 0 Å². The van der Waals surface area contributed by atoms with Crippen molar-refractivity contribution >= 4 is 0 Å². The summed E-state index contributed by atoms with van der Waals surface area (Å²) in [6.45, 7) is 1.02. The third-order valence-corrected chi connectivity index (χ3v) is 10.2. The number of hydrogen-bond acceptors (Lipinski definition) is 5. The molecule has 0 radical (unpaired) electrons. The average Bonchev–Trinajstić information content (AvgIpc) is 3.31. The Morgan fingerprint density at radius 2 is 1.36 bits per heavy atom. The molecule has 47 heavy (non-hydrogen) atoms. The van der Waals surface area contributed by atoms with Gasteiger partial charge in [0.25, 0.3) is 0 Å². The molecule has 2 unspecified atom stereocenters. The summed E-state index contributed by atoms with van der Waals surface area (Å²) in [6, 6.07) is 12.5. The molecule has 1 N–H and O–H groups in total. The van der Waals surface area contributed by atoms with Gasteiger partial charge in [-0.2, -0.15) is 39.5 Å². The van der Waals surface area contributed by atoms with Gasteiger partial charge in [-0.3, -0.25) is 0 Å². The number of phenols is 1. The smallest absolute Gasteiger partial charge is 0.435 e. The Balaban J connectivity index is 1.13. The first kappa shape index (κ1) is 35.4. The third-order valence-electron chi connectivity index (χ3n) is 10.2. The Morgan fingerprint density at radius 1 is 0.745 bits per heavy atom. The fourth-order valence-corrected chi connectivity index (χ4v) is 7.97. The van der Waals surface area contributed by atoms with E-state index < -0.39 is 37.2 Å². The predicted molar refractivity (Wildman–Crippen MR) is 151 cm³/mol. The van der Waals surface area contributed by atoms with Crippen LogP contribution in [0.15, 0.2) is 42.5 Å². The Bertz CT molecular complexity index is 1320. The van der Waals surface area contributed by atoms with Crippen LogP contribution in [0, 0.1) is 17.3 Å². The largest absolute Gasteiger partial charge is 0.508 e. The molecule has 0 aromatic heterocycles. The van der Waals surface area contributed by atoms with Gasteiger partial charge in [-0.25, -0.2) is 0 Å². The van der Waals surface area contributed by atoms with Crippen LogP contribution in [0.1, 0.15) is 62.5 Å². The van der Waals surface area contributed by atoms with Gasteiger partial charge >= 0.3 is 24.1 Å². The maximum absolute atomic E-state index is 13.1. The molecule has 0 aliphatic heterocycles. The van der Waals surface area contributed by atoms with Crippen molar-refractivity contribution in [3.63, 3.8) is 0 Å². The third kappa shape index (κ3) is 6.86. The highest BCUT2D eigenvalue weighted by molar-refractivity contribution is 5.41. The molecule has 5 atom stereocenters. The normalized spacial score (nSPS) is 26.3. The number of rotatable bonds is 11. The van der Waals surface area contributed by atoms with Crippen molar-refractivity contribution < 1.29 is 63.6 Å². The molecule has 262 valence electrons. The van der Waals surface area contributed by atoms with Crippen molar-refractivity contribution in [2.24, 2.45) is 17.3 Å². The zero-order valence-electron chi connectivity index (χ0n) is 25.6. The minimum atomic E-state index is -6.74. The number of ether oxygens (including phenoxy) is 4. The minimum Gasteiger partial charge on any atom is -0.508 e. The lowest BCUT2D eigenvalue weighted by atomic mass is 9.55. The Kier molecular flexibility index (Phi) is 9.96. The van der Waals surface area contributed by atoms with E-state index in [1.807, 2.05) is 6.07 Å². The summed E-state index contributed by atoms with van der Waals surface area (Å²) in [4.78, 5) is 0. The van der Waals surface area contributed by atoms with Crippen LogP contribution >= 0.6 is 0 Å². The number of fused-ring (bicyclic) bond motifs is 5. The molecule has 3 aliphatic rings. The lowest BCUT2D eigenvalue weighted by Crippen LogP contribution is -2.67. The summed E-state index contributed by atoms with van der Waals surface area (Å²) in [6.07, 6.45) is -16.1. The molecule has 0 heterocycles. The van der Waals surface area contributed by atoms with Gasteiger partial charge in [-0.05, 0) is 116 Å². The van der Waals surface area contributed by atoms with E-state index in [9.17, 15) is 44.6 Å². The average molecular weight is 685 g/mol. The van der Waals surface area contributed by atoms with Gasteiger partial charge in [0.05, 0.1) is 12.7 Å². The predicted octanol–water partition coefficient (Wildman–Crippen LogP) is 8.92. The molecule has 2 aromatic rings. The highest BCUT2D eigenvalue weighted by Gasteiger charge is 2.85. The molecular formula is C33H37F9O5. The summed E-state index contributed by atoms with van der Waals surface area (Å²) < 4.78 is 139. The van der Waals surface area contributed by atoms with Crippen LogP contribution in [0.3, 0.4) is 0 Å². The van der Waals surface area contributed by atoms with E-state index in [1.165, 1.54) is 23.3 Å². The Hall–Kier alpha value is -2.87.